The number of hydrogen-bond acceptors (Lipinski definition) is 7. The minimum Gasteiger partial charge on any atom is -0.457 e. The highest BCUT2D eigenvalue weighted by Crippen LogP contribution is 2.43. The molecule has 1 fully saturated rings. The maximum Gasteiger partial charge on any atom is 0.354 e. The second kappa shape index (κ2) is 11.0. The van der Waals surface area contributed by atoms with Crippen LogP contribution in [0.4, 0.5) is 5.82 Å². The number of anilines is 1. The Morgan fingerprint density at radius 1 is 1.07 bits per heavy atom. The summed E-state index contributed by atoms with van der Waals surface area (Å²) in [7, 11) is 0. The van der Waals surface area contributed by atoms with Crippen LogP contribution in [0, 0.1) is 20.8 Å². The molecule has 2 aliphatic heterocycles. The zero-order chi connectivity index (χ0) is 31.4. The number of aryl methyl sites for hydroxylation is 3. The fourth-order valence-electron chi connectivity index (χ4n) is 6.78. The fourth-order valence-corrected chi connectivity index (χ4v) is 6.78. The molecule has 0 aliphatic carbocycles. The third-order valence-electron chi connectivity index (χ3n) is 8.86. The van der Waals surface area contributed by atoms with Crippen LogP contribution >= 0.6 is 0 Å². The van der Waals surface area contributed by atoms with E-state index >= 15 is 0 Å². The van der Waals surface area contributed by atoms with Gasteiger partial charge in [-0.2, -0.15) is 4.98 Å². The van der Waals surface area contributed by atoms with Gasteiger partial charge in [-0.05, 0) is 85.7 Å². The van der Waals surface area contributed by atoms with E-state index in [0.29, 0.717) is 42.2 Å². The zero-order valence-corrected chi connectivity index (χ0v) is 26.1. The number of aromatic nitrogens is 3. The fraction of sp³-hybridized carbons (Fsp3) is 0.343. The van der Waals surface area contributed by atoms with E-state index in [0.717, 1.165) is 44.5 Å². The Hall–Kier alpha value is -4.79. The molecule has 0 saturated carbocycles. The third kappa shape index (κ3) is 4.58. The molecule has 1 amide bonds. The molecule has 6 rings (SSSR count). The Labute approximate surface area is 256 Å². The molecule has 0 unspecified atom stereocenters. The van der Waals surface area contributed by atoms with E-state index in [4.69, 9.17) is 14.7 Å². The van der Waals surface area contributed by atoms with E-state index in [2.05, 4.69) is 31.4 Å². The van der Waals surface area contributed by atoms with Crippen LogP contribution in [0.1, 0.15) is 65.0 Å². The lowest BCUT2D eigenvalue weighted by molar-refractivity contribution is -0.126. The van der Waals surface area contributed by atoms with Gasteiger partial charge in [-0.1, -0.05) is 32.6 Å². The van der Waals surface area contributed by atoms with Crippen molar-refractivity contribution in [1.82, 2.24) is 19.4 Å². The molecule has 4 heterocycles. The predicted molar refractivity (Wildman–Crippen MR) is 172 cm³/mol. The molecule has 9 heteroatoms. The minimum absolute atomic E-state index is 0.00313. The second-order valence-corrected chi connectivity index (χ2v) is 12.1. The Kier molecular flexibility index (Phi) is 7.35. The average Bonchev–Trinajstić information content (AvgIpc) is 3.14. The molecule has 2 aromatic heterocycles. The molecule has 0 bridgehead atoms. The van der Waals surface area contributed by atoms with E-state index in [9.17, 15) is 14.4 Å². The summed E-state index contributed by atoms with van der Waals surface area (Å²) in [5.41, 5.74) is 7.46. The summed E-state index contributed by atoms with van der Waals surface area (Å²) in [6.07, 6.45) is 3.10. The van der Waals surface area contributed by atoms with Gasteiger partial charge in [0.15, 0.2) is 0 Å². The first-order valence-corrected chi connectivity index (χ1v) is 15.0. The third-order valence-corrected chi connectivity index (χ3v) is 8.86. The van der Waals surface area contributed by atoms with Crippen LogP contribution in [0.5, 0.6) is 0 Å². The smallest absolute Gasteiger partial charge is 0.354 e. The van der Waals surface area contributed by atoms with Crippen molar-refractivity contribution in [2.75, 3.05) is 24.5 Å². The van der Waals surface area contributed by atoms with Crippen LogP contribution in [0.2, 0.25) is 0 Å². The lowest BCUT2D eigenvalue weighted by atomic mass is 9.87. The van der Waals surface area contributed by atoms with Crippen LogP contribution in [0.15, 0.2) is 54.0 Å². The van der Waals surface area contributed by atoms with Gasteiger partial charge in [0.2, 0.25) is 5.91 Å². The Morgan fingerprint density at radius 2 is 1.84 bits per heavy atom. The van der Waals surface area contributed by atoms with Crippen LogP contribution < -0.4 is 10.6 Å². The molecule has 1 atom stereocenters. The molecule has 4 aromatic rings. The molecule has 0 N–H and O–H groups in total. The van der Waals surface area contributed by atoms with E-state index < -0.39 is 11.7 Å². The summed E-state index contributed by atoms with van der Waals surface area (Å²) in [6, 6.07) is 9.52. The van der Waals surface area contributed by atoms with Crippen molar-refractivity contribution in [3.63, 3.8) is 0 Å². The van der Waals surface area contributed by atoms with Gasteiger partial charge < -0.3 is 14.5 Å². The van der Waals surface area contributed by atoms with Crippen molar-refractivity contribution in [3.8, 4) is 16.8 Å². The SMILES string of the molecule is C=CC(=O)N1CCN(c2nc(=O)n(-c3c(C)ccnc3C(C)C)c3c4c(c(C)cc23)-c2c(C)cccc2C(=O)OC4)[C@@H](C)C1. The number of amides is 1. The number of fused-ring (bicyclic) bond motifs is 5. The number of carbonyl (C=O) groups excluding carboxylic acids is 2. The molecular formula is C35H37N5O4. The molecular weight excluding hydrogens is 554 g/mol. The number of benzene rings is 2. The van der Waals surface area contributed by atoms with Gasteiger partial charge in [0.1, 0.15) is 12.4 Å². The van der Waals surface area contributed by atoms with E-state index in [1.807, 2.05) is 45.9 Å². The summed E-state index contributed by atoms with van der Waals surface area (Å²) >= 11 is 0. The summed E-state index contributed by atoms with van der Waals surface area (Å²) in [6.45, 7) is 17.2. The van der Waals surface area contributed by atoms with Crippen molar-refractivity contribution in [2.24, 2.45) is 0 Å². The van der Waals surface area contributed by atoms with Gasteiger partial charge in [0, 0.05) is 42.8 Å². The monoisotopic (exact) mass is 591 g/mol. The van der Waals surface area contributed by atoms with Crippen LogP contribution in [0.25, 0.3) is 27.7 Å². The number of ether oxygens (including phenoxy) is 1. The topological polar surface area (TPSA) is 97.6 Å². The molecule has 44 heavy (non-hydrogen) atoms. The molecule has 0 radical (unpaired) electrons. The number of rotatable bonds is 4. The van der Waals surface area contributed by atoms with Crippen LogP contribution in [0.3, 0.4) is 0 Å². The largest absolute Gasteiger partial charge is 0.457 e. The number of piperazine rings is 1. The number of nitrogens with zero attached hydrogens (tertiary/aromatic N) is 5. The molecule has 9 nitrogen and oxygen atoms in total. The highest BCUT2D eigenvalue weighted by atomic mass is 16.5. The van der Waals surface area contributed by atoms with Crippen molar-refractivity contribution >= 4 is 28.6 Å². The van der Waals surface area contributed by atoms with E-state index in [1.165, 1.54) is 6.08 Å². The maximum atomic E-state index is 14.4. The second-order valence-electron chi connectivity index (χ2n) is 12.1. The molecule has 2 aromatic carbocycles. The number of hydrogen-bond donors (Lipinski definition) is 0. The van der Waals surface area contributed by atoms with E-state index in [-0.39, 0.29) is 24.5 Å². The summed E-state index contributed by atoms with van der Waals surface area (Å²) < 4.78 is 7.59. The summed E-state index contributed by atoms with van der Waals surface area (Å²) in [5.74, 6) is 0.0770. The van der Waals surface area contributed by atoms with Gasteiger partial charge in [0.05, 0.1) is 22.5 Å². The minimum atomic E-state index is -0.436. The van der Waals surface area contributed by atoms with Crippen molar-refractivity contribution < 1.29 is 14.3 Å². The van der Waals surface area contributed by atoms with Gasteiger partial charge in [-0.25, -0.2) is 9.59 Å². The Bertz CT molecular complexity index is 1930. The summed E-state index contributed by atoms with van der Waals surface area (Å²) in [5, 5.41) is 0.780. The van der Waals surface area contributed by atoms with Crippen molar-refractivity contribution in [2.45, 2.75) is 60.1 Å². The first kappa shape index (κ1) is 29.3. The molecule has 0 spiro atoms. The average molecular weight is 592 g/mol. The molecule has 2 aliphatic rings. The van der Waals surface area contributed by atoms with Gasteiger partial charge >= 0.3 is 11.7 Å². The highest BCUT2D eigenvalue weighted by Gasteiger charge is 2.33. The van der Waals surface area contributed by atoms with Crippen molar-refractivity contribution in [3.05, 3.63) is 93.2 Å². The first-order valence-electron chi connectivity index (χ1n) is 15.0. The number of cyclic esters (lactones) is 1. The number of esters is 1. The molecule has 1 saturated heterocycles. The zero-order valence-electron chi connectivity index (χ0n) is 26.1. The maximum absolute atomic E-state index is 14.4. The van der Waals surface area contributed by atoms with Crippen LogP contribution in [-0.2, 0) is 16.1 Å². The number of carbonyl (C=O) groups is 2. The normalized spacial score (nSPS) is 16.4. The van der Waals surface area contributed by atoms with Crippen molar-refractivity contribution in [1.29, 1.82) is 0 Å². The van der Waals surface area contributed by atoms with Crippen LogP contribution in [-0.4, -0.2) is 57.0 Å². The summed E-state index contributed by atoms with van der Waals surface area (Å²) in [4.78, 5) is 53.4. The van der Waals surface area contributed by atoms with Gasteiger partial charge in [-0.15, -0.1) is 0 Å². The van der Waals surface area contributed by atoms with E-state index in [1.54, 1.807) is 21.7 Å². The molecule has 226 valence electrons. The lowest BCUT2D eigenvalue weighted by Crippen LogP contribution is -2.54. The standard InChI is InChI=1S/C35H37N5O4/c1-8-27(41)38-14-15-39(23(7)17-38)33-25-16-22(6)29-26(18-44-34(42)24-11-9-10-20(4)28(24)29)32(25)40(35(43)37-33)31-21(5)12-13-36-30(31)19(2)3/h8-13,16,19,23H,1,14-15,17-18H2,2-7H3/t23-/m0/s1. The quantitative estimate of drug-likeness (QED) is 0.232. The first-order chi connectivity index (χ1) is 21.0. The Balaban J connectivity index is 1.73. The predicted octanol–water partition coefficient (Wildman–Crippen LogP) is 5.39. The number of pyridine rings is 1. The van der Waals surface area contributed by atoms with Gasteiger partial charge in [0.25, 0.3) is 0 Å². The highest BCUT2D eigenvalue weighted by molar-refractivity contribution is 6.05. The lowest BCUT2D eigenvalue weighted by Gasteiger charge is -2.40. The van der Waals surface area contributed by atoms with Gasteiger partial charge in [-0.3, -0.25) is 14.3 Å². The Morgan fingerprint density at radius 3 is 2.55 bits per heavy atom.